The Morgan fingerprint density at radius 2 is 1.83 bits per heavy atom. The Kier molecular flexibility index (Phi) is 7.12. The van der Waals surface area contributed by atoms with Gasteiger partial charge in [0.15, 0.2) is 5.03 Å². The van der Waals surface area contributed by atoms with E-state index in [0.29, 0.717) is 21.2 Å². The Morgan fingerprint density at radius 1 is 1.19 bits per heavy atom. The van der Waals surface area contributed by atoms with Gasteiger partial charge in [-0.05, 0) is 55.6 Å². The Labute approximate surface area is 214 Å². The SMILES string of the molecule is COc1cc(C(=O)O)c(F)cc1NS(=O)(=O)c1nc(-c2ccc(C3CCC(C)(C)CC3)cc2)sc1C. The summed E-state index contributed by atoms with van der Waals surface area (Å²) >= 11 is 1.25. The lowest BCUT2D eigenvalue weighted by Crippen LogP contribution is -2.20. The van der Waals surface area contributed by atoms with Gasteiger partial charge in [0, 0.05) is 16.5 Å². The molecule has 192 valence electrons. The van der Waals surface area contributed by atoms with Gasteiger partial charge in [-0.25, -0.2) is 14.2 Å². The van der Waals surface area contributed by atoms with Gasteiger partial charge in [-0.1, -0.05) is 38.1 Å². The van der Waals surface area contributed by atoms with Crippen LogP contribution in [0.1, 0.15) is 66.2 Å². The molecule has 0 atom stereocenters. The first-order valence-electron chi connectivity index (χ1n) is 11.6. The number of rotatable bonds is 7. The van der Waals surface area contributed by atoms with Crippen molar-refractivity contribution >= 4 is 33.0 Å². The predicted molar refractivity (Wildman–Crippen MR) is 138 cm³/mol. The number of methoxy groups -OCH3 is 1. The summed E-state index contributed by atoms with van der Waals surface area (Å²) in [5.74, 6) is -2.16. The second kappa shape index (κ2) is 9.82. The molecule has 2 aromatic carbocycles. The summed E-state index contributed by atoms with van der Waals surface area (Å²) in [4.78, 5) is 16.0. The number of aromatic carboxylic acids is 1. The van der Waals surface area contributed by atoms with Crippen LogP contribution in [0.4, 0.5) is 10.1 Å². The zero-order valence-electron chi connectivity index (χ0n) is 20.6. The number of carboxylic acids is 1. The normalized spacial score (nSPS) is 16.0. The van der Waals surface area contributed by atoms with Gasteiger partial charge in [0.25, 0.3) is 10.0 Å². The van der Waals surface area contributed by atoms with Crippen molar-refractivity contribution in [2.75, 3.05) is 11.8 Å². The minimum absolute atomic E-state index is 0.118. The van der Waals surface area contributed by atoms with Crippen LogP contribution < -0.4 is 9.46 Å². The van der Waals surface area contributed by atoms with E-state index in [1.807, 2.05) is 12.1 Å². The molecule has 3 aromatic rings. The first-order chi connectivity index (χ1) is 16.9. The van der Waals surface area contributed by atoms with Crippen LogP contribution in [0.15, 0.2) is 41.4 Å². The number of carbonyl (C=O) groups is 1. The summed E-state index contributed by atoms with van der Waals surface area (Å²) in [5, 5.41) is 9.49. The largest absolute Gasteiger partial charge is 0.495 e. The molecule has 1 fully saturated rings. The molecular formula is C26H29FN2O5S2. The third-order valence-corrected chi connectivity index (χ3v) is 9.28. The Hall–Kier alpha value is -2.98. The third kappa shape index (κ3) is 5.39. The van der Waals surface area contributed by atoms with Crippen LogP contribution in [0.2, 0.25) is 0 Å². The van der Waals surface area contributed by atoms with E-state index >= 15 is 0 Å². The molecule has 0 aliphatic heterocycles. The van der Waals surface area contributed by atoms with Gasteiger partial charge in [-0.3, -0.25) is 4.72 Å². The highest BCUT2D eigenvalue weighted by Crippen LogP contribution is 2.43. The predicted octanol–water partition coefficient (Wildman–Crippen LogP) is 6.45. The zero-order chi connectivity index (χ0) is 26.3. The number of hydrogen-bond acceptors (Lipinski definition) is 6. The van der Waals surface area contributed by atoms with Crippen molar-refractivity contribution in [2.24, 2.45) is 5.41 Å². The van der Waals surface area contributed by atoms with E-state index < -0.39 is 27.4 Å². The van der Waals surface area contributed by atoms with E-state index in [9.17, 15) is 17.6 Å². The molecule has 0 radical (unpaired) electrons. The number of thiazole rings is 1. The quantitative estimate of drug-likeness (QED) is 0.362. The molecule has 36 heavy (non-hydrogen) atoms. The molecule has 1 heterocycles. The molecule has 0 unspecified atom stereocenters. The maximum absolute atomic E-state index is 14.2. The maximum atomic E-state index is 14.2. The number of anilines is 1. The van der Waals surface area contributed by atoms with Crippen LogP contribution in [-0.2, 0) is 10.0 Å². The molecular weight excluding hydrogens is 503 g/mol. The highest BCUT2D eigenvalue weighted by Gasteiger charge is 2.28. The molecule has 4 rings (SSSR count). The molecule has 0 amide bonds. The van der Waals surface area contributed by atoms with Crippen molar-refractivity contribution in [3.63, 3.8) is 0 Å². The Balaban J connectivity index is 1.57. The highest BCUT2D eigenvalue weighted by molar-refractivity contribution is 7.92. The maximum Gasteiger partial charge on any atom is 0.338 e. The summed E-state index contributed by atoms with van der Waals surface area (Å²) in [6.07, 6.45) is 4.72. The fourth-order valence-corrected chi connectivity index (χ4v) is 7.01. The first kappa shape index (κ1) is 26.1. The average molecular weight is 533 g/mol. The molecule has 0 spiro atoms. The minimum atomic E-state index is -4.19. The second-order valence-corrected chi connectivity index (χ2v) is 12.7. The van der Waals surface area contributed by atoms with Crippen molar-refractivity contribution in [2.45, 2.75) is 57.4 Å². The monoisotopic (exact) mass is 532 g/mol. The number of benzene rings is 2. The molecule has 1 aliphatic rings. The fourth-order valence-electron chi connectivity index (χ4n) is 4.54. The van der Waals surface area contributed by atoms with E-state index in [0.717, 1.165) is 30.5 Å². The van der Waals surface area contributed by atoms with E-state index in [1.165, 1.54) is 36.9 Å². The average Bonchev–Trinajstić information content (AvgIpc) is 3.21. The topological polar surface area (TPSA) is 106 Å². The van der Waals surface area contributed by atoms with Gasteiger partial charge in [-0.2, -0.15) is 8.42 Å². The third-order valence-electron chi connectivity index (χ3n) is 6.74. The lowest BCUT2D eigenvalue weighted by molar-refractivity contribution is 0.0691. The summed E-state index contributed by atoms with van der Waals surface area (Å²) in [7, 11) is -2.96. The van der Waals surface area contributed by atoms with Crippen LogP contribution in [0.25, 0.3) is 10.6 Å². The molecule has 7 nitrogen and oxygen atoms in total. The van der Waals surface area contributed by atoms with Crippen LogP contribution >= 0.6 is 11.3 Å². The van der Waals surface area contributed by atoms with Crippen LogP contribution in [-0.4, -0.2) is 31.6 Å². The van der Waals surface area contributed by atoms with Crippen molar-refractivity contribution in [1.82, 2.24) is 4.98 Å². The molecule has 2 N–H and O–H groups in total. The Morgan fingerprint density at radius 3 is 2.42 bits per heavy atom. The summed E-state index contributed by atoms with van der Waals surface area (Å²) in [5.41, 5.74) is 1.67. The number of carboxylic acid groups (broad SMARTS) is 1. The van der Waals surface area contributed by atoms with Crippen molar-refractivity contribution in [3.05, 3.63) is 58.2 Å². The van der Waals surface area contributed by atoms with Gasteiger partial charge in [-0.15, -0.1) is 11.3 Å². The number of aryl methyl sites for hydroxylation is 1. The zero-order valence-corrected chi connectivity index (χ0v) is 22.2. The van der Waals surface area contributed by atoms with Gasteiger partial charge in [0.1, 0.15) is 16.6 Å². The highest BCUT2D eigenvalue weighted by atomic mass is 32.2. The van der Waals surface area contributed by atoms with Crippen LogP contribution in [0, 0.1) is 18.2 Å². The standard InChI is InChI=1S/C26H29FN2O5S2/c1-15-24(36(32,33)29-21-14-20(27)19(25(30)31)13-22(21)34-4)28-23(35-15)18-7-5-16(6-8-18)17-9-11-26(2,3)12-10-17/h5-8,13-14,17,29H,9-12H2,1-4H3,(H,30,31). The lowest BCUT2D eigenvalue weighted by atomic mass is 9.71. The number of hydrogen-bond donors (Lipinski definition) is 2. The number of nitrogens with one attached hydrogen (secondary N) is 1. The summed E-state index contributed by atoms with van der Waals surface area (Å²) < 4.78 is 47.8. The second-order valence-electron chi connectivity index (χ2n) is 9.88. The minimum Gasteiger partial charge on any atom is -0.495 e. The van der Waals surface area contributed by atoms with Crippen molar-refractivity contribution in [1.29, 1.82) is 0 Å². The summed E-state index contributed by atoms with van der Waals surface area (Å²) in [6, 6.07) is 9.86. The van der Waals surface area contributed by atoms with Crippen LogP contribution in [0.3, 0.4) is 0 Å². The summed E-state index contributed by atoms with van der Waals surface area (Å²) in [6.45, 7) is 6.28. The van der Waals surface area contributed by atoms with Gasteiger partial charge >= 0.3 is 5.97 Å². The van der Waals surface area contributed by atoms with E-state index in [-0.39, 0.29) is 16.5 Å². The fraction of sp³-hybridized carbons (Fsp3) is 0.385. The van der Waals surface area contributed by atoms with Gasteiger partial charge in [0.05, 0.1) is 18.4 Å². The number of ether oxygens (including phenoxy) is 1. The first-order valence-corrected chi connectivity index (χ1v) is 13.9. The number of nitrogens with zero attached hydrogens (tertiary/aromatic N) is 1. The molecule has 1 saturated carbocycles. The van der Waals surface area contributed by atoms with E-state index in [2.05, 4.69) is 35.7 Å². The van der Waals surface area contributed by atoms with E-state index in [4.69, 9.17) is 9.84 Å². The van der Waals surface area contributed by atoms with Crippen molar-refractivity contribution in [3.8, 4) is 16.3 Å². The van der Waals surface area contributed by atoms with Crippen molar-refractivity contribution < 1.29 is 27.4 Å². The number of aromatic nitrogens is 1. The Bertz CT molecular complexity index is 1390. The van der Waals surface area contributed by atoms with Gasteiger partial charge in [0.2, 0.25) is 0 Å². The van der Waals surface area contributed by atoms with E-state index in [1.54, 1.807) is 6.92 Å². The number of sulfonamides is 1. The molecule has 0 bridgehead atoms. The molecule has 1 aliphatic carbocycles. The molecule has 10 heteroatoms. The number of halogens is 1. The van der Waals surface area contributed by atoms with Gasteiger partial charge < -0.3 is 9.84 Å². The lowest BCUT2D eigenvalue weighted by Gasteiger charge is -2.34. The molecule has 0 saturated heterocycles. The molecule has 1 aromatic heterocycles. The smallest absolute Gasteiger partial charge is 0.338 e. The van der Waals surface area contributed by atoms with Crippen LogP contribution in [0.5, 0.6) is 5.75 Å².